The lowest BCUT2D eigenvalue weighted by atomic mass is 10.0. The molecule has 0 bridgehead atoms. The molecule has 5 N–H and O–H groups in total. The highest BCUT2D eigenvalue weighted by atomic mass is 19.1. The molecule has 2 aromatic rings. The molecule has 164 valence electrons. The molecule has 1 aliphatic rings. The first-order valence-corrected chi connectivity index (χ1v) is 9.45. The summed E-state index contributed by atoms with van der Waals surface area (Å²) in [5.41, 5.74) is 2.74. The number of rotatable bonds is 7. The number of hydrogen-bond acceptors (Lipinski definition) is 6. The van der Waals surface area contributed by atoms with Gasteiger partial charge in [0.1, 0.15) is 12.0 Å². The van der Waals surface area contributed by atoms with Gasteiger partial charge in [0.05, 0.1) is 17.2 Å². The number of anilines is 1. The van der Waals surface area contributed by atoms with E-state index < -0.39 is 42.4 Å². The zero-order chi connectivity index (χ0) is 22.9. The molecule has 2 heterocycles. The van der Waals surface area contributed by atoms with Gasteiger partial charge in [-0.05, 0) is 43.7 Å². The third-order valence-electron chi connectivity index (χ3n) is 4.95. The van der Waals surface area contributed by atoms with Crippen molar-refractivity contribution in [3.05, 3.63) is 52.1 Å². The summed E-state index contributed by atoms with van der Waals surface area (Å²) in [5.74, 6) is -3.02. The topological polar surface area (TPSA) is 155 Å². The summed E-state index contributed by atoms with van der Waals surface area (Å²) in [6, 6.07) is 3.95. The number of hydrogen-bond donors (Lipinski definition) is 5. The molecule has 1 aromatic carbocycles. The van der Waals surface area contributed by atoms with E-state index >= 15 is 0 Å². The summed E-state index contributed by atoms with van der Waals surface area (Å²) in [6.45, 7) is 3.27. The van der Waals surface area contributed by atoms with E-state index in [4.69, 9.17) is 0 Å². The van der Waals surface area contributed by atoms with Gasteiger partial charge in [0.2, 0.25) is 0 Å². The van der Waals surface area contributed by atoms with Crippen molar-refractivity contribution in [1.82, 2.24) is 10.3 Å². The molecule has 0 fully saturated rings. The summed E-state index contributed by atoms with van der Waals surface area (Å²) < 4.78 is 13.6. The molecule has 0 saturated carbocycles. The third kappa shape index (κ3) is 4.81. The van der Waals surface area contributed by atoms with E-state index in [1.807, 2.05) is 0 Å². The molecule has 31 heavy (non-hydrogen) atoms. The molecule has 10 heteroatoms. The number of carbonyl (C=O) groups is 3. The number of fused-ring (bicyclic) bond motifs is 1. The van der Waals surface area contributed by atoms with Gasteiger partial charge in [-0.1, -0.05) is 0 Å². The smallest absolute Gasteiger partial charge is 0.256 e. The van der Waals surface area contributed by atoms with Crippen LogP contribution in [0.5, 0.6) is 0 Å². The minimum Gasteiger partial charge on any atom is -0.550 e. The van der Waals surface area contributed by atoms with Crippen molar-refractivity contribution >= 4 is 35.1 Å². The Morgan fingerprint density at radius 1 is 1.29 bits per heavy atom. The van der Waals surface area contributed by atoms with E-state index in [9.17, 15) is 34.1 Å². The Morgan fingerprint density at radius 2 is 2.00 bits per heavy atom. The lowest BCUT2D eigenvalue weighted by Crippen LogP contribution is -2.39. The molecular weight excluding hydrogens is 409 g/mol. The number of aryl methyl sites for hydroxylation is 1. The molecule has 0 saturated heterocycles. The van der Waals surface area contributed by atoms with Gasteiger partial charge in [0, 0.05) is 41.4 Å². The van der Waals surface area contributed by atoms with E-state index in [0.29, 0.717) is 28.2 Å². The Balaban J connectivity index is 1.82. The van der Waals surface area contributed by atoms with Gasteiger partial charge < -0.3 is 35.7 Å². The Morgan fingerprint density at radius 3 is 2.68 bits per heavy atom. The monoisotopic (exact) mass is 430 g/mol. The minimum absolute atomic E-state index is 0.221. The number of aromatic nitrogens is 1. The van der Waals surface area contributed by atoms with Gasteiger partial charge in [-0.3, -0.25) is 9.59 Å². The van der Waals surface area contributed by atoms with E-state index in [0.717, 1.165) is 0 Å². The normalized spacial score (nSPS) is 16.0. The van der Waals surface area contributed by atoms with E-state index in [2.05, 4.69) is 15.6 Å². The van der Waals surface area contributed by atoms with Crippen molar-refractivity contribution in [2.24, 2.45) is 0 Å². The van der Waals surface area contributed by atoms with Crippen LogP contribution >= 0.6 is 0 Å². The Labute approximate surface area is 176 Å². The lowest BCUT2D eigenvalue weighted by molar-refractivity contribution is -0.307. The number of aromatic amines is 1. The molecule has 0 spiro atoms. The number of carboxylic acids is 1. The Bertz CT molecular complexity index is 1090. The second-order valence-electron chi connectivity index (χ2n) is 7.32. The quantitative estimate of drug-likeness (QED) is 0.312. The number of aliphatic carboxylic acids is 1. The average molecular weight is 430 g/mol. The van der Waals surface area contributed by atoms with Crippen LogP contribution in [0, 0.1) is 19.7 Å². The zero-order valence-corrected chi connectivity index (χ0v) is 16.8. The molecule has 3 rings (SSSR count). The van der Waals surface area contributed by atoms with Gasteiger partial charge in [0.15, 0.2) is 0 Å². The van der Waals surface area contributed by atoms with Crippen molar-refractivity contribution in [2.45, 2.75) is 39.0 Å². The number of H-pyrrole nitrogens is 1. The SMILES string of the molecule is Cc1[nH]c(/C=C2\C(=O)Nc3ccc(F)cc32)c(C)c1C(=O)N[C@@H](O)C[C@@H](O)CC(=O)[O-]. The molecule has 0 unspecified atom stereocenters. The number of aliphatic hydroxyl groups excluding tert-OH is 2. The van der Waals surface area contributed by atoms with Gasteiger partial charge in [-0.25, -0.2) is 4.39 Å². The molecule has 2 atom stereocenters. The maximum atomic E-state index is 13.6. The fourth-order valence-corrected chi connectivity index (χ4v) is 3.52. The number of carboxylic acid groups (broad SMARTS) is 1. The summed E-state index contributed by atoms with van der Waals surface area (Å²) in [4.78, 5) is 38.4. The van der Waals surface area contributed by atoms with E-state index in [-0.39, 0.29) is 17.6 Å². The van der Waals surface area contributed by atoms with E-state index in [1.165, 1.54) is 24.3 Å². The van der Waals surface area contributed by atoms with Crippen LogP contribution in [0.2, 0.25) is 0 Å². The summed E-state index contributed by atoms with van der Waals surface area (Å²) in [6.07, 6.45) is -2.40. The first-order valence-electron chi connectivity index (χ1n) is 9.45. The van der Waals surface area contributed by atoms with Crippen LogP contribution in [0.4, 0.5) is 10.1 Å². The van der Waals surface area contributed by atoms with Crippen LogP contribution in [-0.4, -0.2) is 45.3 Å². The van der Waals surface area contributed by atoms with Crippen LogP contribution < -0.4 is 15.7 Å². The van der Waals surface area contributed by atoms with Crippen LogP contribution in [0.25, 0.3) is 11.6 Å². The van der Waals surface area contributed by atoms with Crippen molar-refractivity contribution in [3.63, 3.8) is 0 Å². The largest absolute Gasteiger partial charge is 0.550 e. The van der Waals surface area contributed by atoms with E-state index in [1.54, 1.807) is 13.8 Å². The van der Waals surface area contributed by atoms with Crippen LogP contribution in [0.3, 0.4) is 0 Å². The zero-order valence-electron chi connectivity index (χ0n) is 16.8. The second kappa shape index (κ2) is 8.70. The number of carbonyl (C=O) groups excluding carboxylic acids is 3. The lowest BCUT2D eigenvalue weighted by Gasteiger charge is -2.17. The number of amides is 2. The van der Waals surface area contributed by atoms with Crippen molar-refractivity contribution < 1.29 is 34.1 Å². The maximum absolute atomic E-state index is 13.6. The molecule has 1 aliphatic heterocycles. The van der Waals surface area contributed by atoms with Crippen molar-refractivity contribution in [3.8, 4) is 0 Å². The Kier molecular flexibility index (Phi) is 6.23. The van der Waals surface area contributed by atoms with Crippen molar-refractivity contribution in [1.29, 1.82) is 0 Å². The molecule has 0 aliphatic carbocycles. The first kappa shape index (κ1) is 22.2. The van der Waals surface area contributed by atoms with Gasteiger partial charge in [-0.15, -0.1) is 0 Å². The minimum atomic E-state index is -1.48. The Hall–Kier alpha value is -3.50. The highest BCUT2D eigenvalue weighted by Gasteiger charge is 2.26. The van der Waals surface area contributed by atoms with Crippen molar-refractivity contribution in [2.75, 3.05) is 5.32 Å². The summed E-state index contributed by atoms with van der Waals surface area (Å²) in [5, 5.41) is 34.9. The van der Waals surface area contributed by atoms with Gasteiger partial charge >= 0.3 is 0 Å². The molecule has 0 radical (unpaired) electrons. The fourth-order valence-electron chi connectivity index (χ4n) is 3.52. The predicted molar refractivity (Wildman–Crippen MR) is 107 cm³/mol. The molecule has 9 nitrogen and oxygen atoms in total. The predicted octanol–water partition coefficient (Wildman–Crippen LogP) is 0.203. The maximum Gasteiger partial charge on any atom is 0.256 e. The van der Waals surface area contributed by atoms with Crippen LogP contribution in [0.1, 0.15) is 45.7 Å². The van der Waals surface area contributed by atoms with Gasteiger partial charge in [-0.2, -0.15) is 0 Å². The molecule has 2 amide bonds. The number of halogens is 1. The fraction of sp³-hybridized carbons (Fsp3) is 0.286. The van der Waals surface area contributed by atoms with Gasteiger partial charge in [0.25, 0.3) is 11.8 Å². The third-order valence-corrected chi connectivity index (χ3v) is 4.95. The van der Waals surface area contributed by atoms with Crippen LogP contribution in [-0.2, 0) is 9.59 Å². The average Bonchev–Trinajstić information content (AvgIpc) is 3.10. The van der Waals surface area contributed by atoms with Crippen LogP contribution in [0.15, 0.2) is 18.2 Å². The summed E-state index contributed by atoms with van der Waals surface area (Å²) >= 11 is 0. The number of aliphatic hydroxyl groups is 2. The highest BCUT2D eigenvalue weighted by molar-refractivity contribution is 6.34. The molecular formula is C21H21FN3O6-. The standard InChI is InChI=1S/C21H22FN3O6/c1-9-16(8-14-13-5-11(22)3-4-15(13)24-20(14)30)23-10(2)19(9)21(31)25-17(27)6-12(26)7-18(28)29/h3-5,8,12,17,23,26-27H,6-7H2,1-2H3,(H,24,30)(H,25,31)(H,28,29)/p-1/b14-8-/t12-,17+/m1/s1. The second-order valence-corrected chi connectivity index (χ2v) is 7.32. The molecule has 1 aromatic heterocycles. The number of nitrogens with one attached hydrogen (secondary N) is 3. The summed E-state index contributed by atoms with van der Waals surface area (Å²) in [7, 11) is 0. The highest BCUT2D eigenvalue weighted by Crippen LogP contribution is 2.34. The number of benzene rings is 1. The first-order chi connectivity index (χ1) is 14.6.